The molecule has 2 aliphatic rings. The van der Waals surface area contributed by atoms with Gasteiger partial charge >= 0.3 is 0 Å². The molecule has 1 atom stereocenters. The van der Waals surface area contributed by atoms with Crippen LogP contribution in [-0.2, 0) is 4.74 Å². The molecule has 0 radical (unpaired) electrons. The number of rotatable bonds is 2. The van der Waals surface area contributed by atoms with E-state index in [4.69, 9.17) is 9.72 Å². The van der Waals surface area contributed by atoms with Gasteiger partial charge in [-0.05, 0) is 50.7 Å². The Balaban J connectivity index is 1.94. The van der Waals surface area contributed by atoms with Crippen molar-refractivity contribution in [3.63, 3.8) is 0 Å². The van der Waals surface area contributed by atoms with Gasteiger partial charge in [0.25, 0.3) is 0 Å². The van der Waals surface area contributed by atoms with Crippen LogP contribution in [0.25, 0.3) is 0 Å². The van der Waals surface area contributed by atoms with Crippen molar-refractivity contribution < 1.29 is 4.74 Å². The van der Waals surface area contributed by atoms with Gasteiger partial charge in [-0.25, -0.2) is 4.98 Å². The van der Waals surface area contributed by atoms with Crippen molar-refractivity contribution in [3.05, 3.63) is 22.4 Å². The van der Waals surface area contributed by atoms with E-state index in [1.54, 1.807) is 0 Å². The molecule has 0 unspecified atom stereocenters. The van der Waals surface area contributed by atoms with Crippen molar-refractivity contribution in [3.8, 4) is 6.07 Å². The van der Waals surface area contributed by atoms with Crippen molar-refractivity contribution in [2.75, 3.05) is 24.6 Å². The smallest absolute Gasteiger partial charge is 0.147 e. The second-order valence-corrected chi connectivity index (χ2v) is 5.95. The Bertz CT molecular complexity index is 572. The normalized spacial score (nSPS) is 22.7. The minimum Gasteiger partial charge on any atom is -0.374 e. The van der Waals surface area contributed by atoms with E-state index in [0.717, 1.165) is 53.8 Å². The predicted molar refractivity (Wildman–Crippen MR) is 77.8 cm³/mol. The number of aryl methyl sites for hydroxylation is 1. The third-order valence-electron chi connectivity index (χ3n) is 4.63. The van der Waals surface area contributed by atoms with Crippen molar-refractivity contribution in [1.82, 2.24) is 4.98 Å². The second kappa shape index (κ2) is 5.06. The van der Waals surface area contributed by atoms with E-state index in [9.17, 15) is 5.26 Å². The van der Waals surface area contributed by atoms with Crippen molar-refractivity contribution in [2.24, 2.45) is 5.92 Å². The Hall–Kier alpha value is -1.60. The summed E-state index contributed by atoms with van der Waals surface area (Å²) in [5, 5.41) is 9.48. The lowest BCUT2D eigenvalue weighted by Gasteiger charge is -2.35. The molecule has 1 aliphatic heterocycles. The zero-order chi connectivity index (χ0) is 14.3. The predicted octanol–water partition coefficient (Wildman–Crippen LogP) is 2.49. The highest BCUT2D eigenvalue weighted by molar-refractivity contribution is 5.60. The molecule has 1 aromatic heterocycles. The van der Waals surface area contributed by atoms with E-state index in [2.05, 4.69) is 11.0 Å². The van der Waals surface area contributed by atoms with Crippen LogP contribution in [0, 0.1) is 38.0 Å². The highest BCUT2D eigenvalue weighted by atomic mass is 16.5. The Morgan fingerprint density at radius 1 is 1.25 bits per heavy atom. The Morgan fingerprint density at radius 2 is 2.00 bits per heavy atom. The molecule has 1 saturated heterocycles. The molecule has 1 aliphatic carbocycles. The molecular formula is C16H21N3O. The fraction of sp³-hybridized carbons (Fsp3) is 0.625. The number of nitrogens with zero attached hydrogens (tertiary/aromatic N) is 3. The molecule has 0 aromatic carbocycles. The standard InChI is InChI=1S/C16H21N3O/c1-10-11(2)14(8-17)16(18-12(10)3)19-6-7-20-15(9-19)13-4-5-13/h13,15H,4-7,9H2,1-3H3/t15-/m0/s1. The molecule has 3 rings (SSSR count). The summed E-state index contributed by atoms with van der Waals surface area (Å²) >= 11 is 0. The van der Waals surface area contributed by atoms with Crippen LogP contribution in [-0.4, -0.2) is 30.8 Å². The monoisotopic (exact) mass is 271 g/mol. The highest BCUT2D eigenvalue weighted by Crippen LogP contribution is 2.37. The Kier molecular flexibility index (Phi) is 3.39. The van der Waals surface area contributed by atoms with Gasteiger partial charge in [-0.15, -0.1) is 0 Å². The Morgan fingerprint density at radius 3 is 2.65 bits per heavy atom. The van der Waals surface area contributed by atoms with E-state index in [1.165, 1.54) is 12.8 Å². The minimum atomic E-state index is 0.319. The number of nitriles is 1. The summed E-state index contributed by atoms with van der Waals surface area (Å²) in [6.07, 6.45) is 2.88. The van der Waals surface area contributed by atoms with E-state index in [-0.39, 0.29) is 0 Å². The number of aromatic nitrogens is 1. The van der Waals surface area contributed by atoms with Gasteiger partial charge in [0.1, 0.15) is 11.9 Å². The number of hydrogen-bond donors (Lipinski definition) is 0. The van der Waals surface area contributed by atoms with Gasteiger partial charge in [0, 0.05) is 18.8 Å². The summed E-state index contributed by atoms with van der Waals surface area (Å²) in [4.78, 5) is 6.93. The van der Waals surface area contributed by atoms with Crippen LogP contribution in [0.15, 0.2) is 0 Å². The maximum Gasteiger partial charge on any atom is 0.147 e. The van der Waals surface area contributed by atoms with E-state index in [1.807, 2.05) is 20.8 Å². The van der Waals surface area contributed by atoms with E-state index in [0.29, 0.717) is 6.10 Å². The molecule has 0 amide bonds. The molecule has 2 fully saturated rings. The van der Waals surface area contributed by atoms with Crippen LogP contribution in [0.3, 0.4) is 0 Å². The fourth-order valence-electron chi connectivity index (χ4n) is 2.91. The lowest BCUT2D eigenvalue weighted by atomic mass is 10.0. The number of hydrogen-bond acceptors (Lipinski definition) is 4. The van der Waals surface area contributed by atoms with Crippen molar-refractivity contribution >= 4 is 5.82 Å². The van der Waals surface area contributed by atoms with Crippen LogP contribution >= 0.6 is 0 Å². The molecule has 0 N–H and O–H groups in total. The summed E-state index contributed by atoms with van der Waals surface area (Å²) in [5.41, 5.74) is 3.93. The molecule has 4 heteroatoms. The van der Waals surface area contributed by atoms with Gasteiger partial charge < -0.3 is 9.64 Å². The van der Waals surface area contributed by atoms with Crippen molar-refractivity contribution in [1.29, 1.82) is 5.26 Å². The molecular weight excluding hydrogens is 250 g/mol. The summed E-state index contributed by atoms with van der Waals surface area (Å²) in [5.74, 6) is 1.57. The van der Waals surface area contributed by atoms with Crippen molar-refractivity contribution in [2.45, 2.75) is 39.7 Å². The second-order valence-electron chi connectivity index (χ2n) is 5.95. The van der Waals surface area contributed by atoms with Crippen LogP contribution < -0.4 is 4.90 Å². The van der Waals surface area contributed by atoms with Crippen LogP contribution in [0.5, 0.6) is 0 Å². The quantitative estimate of drug-likeness (QED) is 0.829. The lowest BCUT2D eigenvalue weighted by Crippen LogP contribution is -2.44. The van der Waals surface area contributed by atoms with Crippen LogP contribution in [0.1, 0.15) is 35.2 Å². The Labute approximate surface area is 120 Å². The summed E-state index contributed by atoms with van der Waals surface area (Å²) < 4.78 is 5.86. The van der Waals surface area contributed by atoms with E-state index >= 15 is 0 Å². The molecule has 1 saturated carbocycles. The number of ether oxygens (including phenoxy) is 1. The molecule has 106 valence electrons. The van der Waals surface area contributed by atoms with Crippen LogP contribution in [0.4, 0.5) is 5.82 Å². The maximum atomic E-state index is 9.48. The average molecular weight is 271 g/mol. The average Bonchev–Trinajstić information content (AvgIpc) is 3.29. The largest absolute Gasteiger partial charge is 0.374 e. The maximum absolute atomic E-state index is 9.48. The first-order valence-corrected chi connectivity index (χ1v) is 7.36. The summed E-state index contributed by atoms with van der Waals surface area (Å²) in [6, 6.07) is 2.34. The molecule has 4 nitrogen and oxygen atoms in total. The molecule has 0 spiro atoms. The molecule has 2 heterocycles. The first kappa shape index (κ1) is 13.4. The van der Waals surface area contributed by atoms with Gasteiger partial charge in [-0.2, -0.15) is 5.26 Å². The van der Waals surface area contributed by atoms with Crippen LogP contribution in [0.2, 0.25) is 0 Å². The molecule has 1 aromatic rings. The fourth-order valence-corrected chi connectivity index (χ4v) is 2.91. The zero-order valence-corrected chi connectivity index (χ0v) is 12.4. The van der Waals surface area contributed by atoms with Gasteiger partial charge in [0.05, 0.1) is 18.3 Å². The number of morpholine rings is 1. The first-order chi connectivity index (χ1) is 9.61. The third kappa shape index (κ3) is 2.27. The number of pyridine rings is 1. The summed E-state index contributed by atoms with van der Waals surface area (Å²) in [6.45, 7) is 8.51. The third-order valence-corrected chi connectivity index (χ3v) is 4.63. The lowest BCUT2D eigenvalue weighted by molar-refractivity contribution is 0.0261. The van der Waals surface area contributed by atoms with E-state index < -0.39 is 0 Å². The van der Waals surface area contributed by atoms with Gasteiger partial charge in [0.15, 0.2) is 0 Å². The summed E-state index contributed by atoms with van der Waals surface area (Å²) in [7, 11) is 0. The SMILES string of the molecule is Cc1nc(N2CCO[C@H](C3CC3)C2)c(C#N)c(C)c1C. The zero-order valence-electron chi connectivity index (χ0n) is 12.4. The molecule has 20 heavy (non-hydrogen) atoms. The molecule has 0 bridgehead atoms. The number of anilines is 1. The van der Waals surface area contributed by atoms with Gasteiger partial charge in [-0.3, -0.25) is 0 Å². The minimum absolute atomic E-state index is 0.319. The van der Waals surface area contributed by atoms with Gasteiger partial charge in [0.2, 0.25) is 0 Å². The highest BCUT2D eigenvalue weighted by Gasteiger charge is 2.36. The van der Waals surface area contributed by atoms with Gasteiger partial charge in [-0.1, -0.05) is 0 Å². The topological polar surface area (TPSA) is 49.2 Å². The first-order valence-electron chi connectivity index (χ1n) is 7.36.